The summed E-state index contributed by atoms with van der Waals surface area (Å²) in [7, 11) is 0. The van der Waals surface area contributed by atoms with Crippen LogP contribution < -0.4 is 9.64 Å². The quantitative estimate of drug-likeness (QED) is 0.623. The van der Waals surface area contributed by atoms with E-state index in [-0.39, 0.29) is 11.8 Å². The second-order valence-electron chi connectivity index (χ2n) is 8.98. The van der Waals surface area contributed by atoms with Crippen molar-refractivity contribution < 1.29 is 19.1 Å². The highest BCUT2D eigenvalue weighted by Gasteiger charge is 2.43. The number of aliphatic imine (C=N–C) groups is 1. The van der Waals surface area contributed by atoms with Crippen molar-refractivity contribution in [2.75, 3.05) is 11.5 Å². The van der Waals surface area contributed by atoms with E-state index in [0.717, 1.165) is 11.3 Å². The van der Waals surface area contributed by atoms with Crippen LogP contribution in [-0.4, -0.2) is 24.7 Å². The van der Waals surface area contributed by atoms with Gasteiger partial charge in [-0.25, -0.2) is 4.90 Å². The third-order valence-electron chi connectivity index (χ3n) is 5.59. The molecule has 32 heavy (non-hydrogen) atoms. The number of para-hydroxylation sites is 1. The fourth-order valence-corrected chi connectivity index (χ4v) is 3.83. The standard InChI is InChI=1S/C26H28N2O4/c1-5-31-19-13-11-18(12-14-19)28-23(29)20-15-10-17-8-6-7-9-22(17)27-16-21(20)24(28)32-25(30)26(2,3)4/h6-9,11-14,16,20H,5,10,15H2,1-4H3. The molecule has 0 fully saturated rings. The van der Waals surface area contributed by atoms with Crippen molar-refractivity contribution in [2.24, 2.45) is 16.3 Å². The van der Waals surface area contributed by atoms with Crippen LogP contribution in [0, 0.1) is 11.3 Å². The minimum absolute atomic E-state index is 0.119. The summed E-state index contributed by atoms with van der Waals surface area (Å²) in [5.41, 5.74) is 2.51. The predicted octanol–water partition coefficient (Wildman–Crippen LogP) is 5.20. The second-order valence-corrected chi connectivity index (χ2v) is 8.98. The van der Waals surface area contributed by atoms with E-state index < -0.39 is 17.3 Å². The first-order chi connectivity index (χ1) is 15.3. The third kappa shape index (κ3) is 4.17. The Labute approximate surface area is 188 Å². The van der Waals surface area contributed by atoms with Crippen LogP contribution in [0.15, 0.2) is 65.0 Å². The van der Waals surface area contributed by atoms with Crippen LogP contribution in [0.4, 0.5) is 11.4 Å². The van der Waals surface area contributed by atoms with E-state index in [1.54, 1.807) is 39.1 Å². The van der Waals surface area contributed by atoms with Gasteiger partial charge in [-0.1, -0.05) is 18.2 Å². The van der Waals surface area contributed by atoms with Crippen LogP contribution in [-0.2, 0) is 20.7 Å². The first kappa shape index (κ1) is 21.8. The number of ether oxygens (including phenoxy) is 2. The maximum Gasteiger partial charge on any atom is 0.317 e. The molecule has 2 aliphatic rings. The average molecular weight is 433 g/mol. The van der Waals surface area contributed by atoms with Crippen molar-refractivity contribution in [1.29, 1.82) is 0 Å². The molecule has 0 aromatic heterocycles. The fraction of sp³-hybridized carbons (Fsp3) is 0.346. The van der Waals surface area contributed by atoms with Gasteiger partial charge in [-0.3, -0.25) is 14.6 Å². The Morgan fingerprint density at radius 3 is 2.53 bits per heavy atom. The lowest BCUT2D eigenvalue weighted by Crippen LogP contribution is -2.32. The molecule has 1 unspecified atom stereocenters. The van der Waals surface area contributed by atoms with Gasteiger partial charge >= 0.3 is 5.97 Å². The summed E-state index contributed by atoms with van der Waals surface area (Å²) >= 11 is 0. The fourth-order valence-electron chi connectivity index (χ4n) is 3.83. The second kappa shape index (κ2) is 8.61. The molecule has 0 aliphatic carbocycles. The molecule has 0 radical (unpaired) electrons. The summed E-state index contributed by atoms with van der Waals surface area (Å²) < 4.78 is 11.4. The van der Waals surface area contributed by atoms with Gasteiger partial charge in [0, 0.05) is 11.8 Å². The third-order valence-corrected chi connectivity index (χ3v) is 5.59. The summed E-state index contributed by atoms with van der Waals surface area (Å²) in [6.07, 6.45) is 3.01. The number of hydrogen-bond acceptors (Lipinski definition) is 5. The van der Waals surface area contributed by atoms with Crippen molar-refractivity contribution >= 4 is 29.5 Å². The summed E-state index contributed by atoms with van der Waals surface area (Å²) in [5.74, 6) is 0.00687. The largest absolute Gasteiger partial charge is 0.494 e. The Balaban J connectivity index is 1.79. The molecule has 0 saturated heterocycles. The molecule has 2 heterocycles. The minimum Gasteiger partial charge on any atom is -0.494 e. The number of amides is 1. The van der Waals surface area contributed by atoms with E-state index in [0.29, 0.717) is 36.5 Å². The van der Waals surface area contributed by atoms with Crippen molar-refractivity contribution in [3.8, 4) is 5.75 Å². The van der Waals surface area contributed by atoms with Crippen LogP contribution in [0.25, 0.3) is 0 Å². The average Bonchev–Trinajstić information content (AvgIpc) is 2.99. The van der Waals surface area contributed by atoms with Gasteiger partial charge in [0.25, 0.3) is 0 Å². The van der Waals surface area contributed by atoms with Crippen LogP contribution >= 0.6 is 0 Å². The number of nitrogens with zero attached hydrogens (tertiary/aromatic N) is 2. The van der Waals surface area contributed by atoms with Crippen LogP contribution in [0.3, 0.4) is 0 Å². The molecule has 6 nitrogen and oxygen atoms in total. The Bertz CT molecular complexity index is 1090. The molecular weight excluding hydrogens is 404 g/mol. The maximum atomic E-state index is 13.6. The number of rotatable bonds is 4. The molecule has 0 N–H and O–H groups in total. The van der Waals surface area contributed by atoms with Gasteiger partial charge in [-0.05, 0) is 76.4 Å². The highest BCUT2D eigenvalue weighted by Crippen LogP contribution is 2.39. The summed E-state index contributed by atoms with van der Waals surface area (Å²) in [5, 5.41) is 0. The van der Waals surface area contributed by atoms with E-state index in [9.17, 15) is 9.59 Å². The molecule has 1 atom stereocenters. The molecule has 4 rings (SSSR count). The van der Waals surface area contributed by atoms with Gasteiger partial charge in [0.2, 0.25) is 11.8 Å². The molecule has 166 valence electrons. The Morgan fingerprint density at radius 2 is 1.84 bits per heavy atom. The summed E-state index contributed by atoms with van der Waals surface area (Å²) in [6.45, 7) is 7.84. The zero-order chi connectivity index (χ0) is 22.9. The Hall–Kier alpha value is -3.41. The van der Waals surface area contributed by atoms with Gasteiger partial charge in [-0.15, -0.1) is 0 Å². The lowest BCUT2D eigenvalue weighted by Gasteiger charge is -2.23. The van der Waals surface area contributed by atoms with Crippen molar-refractivity contribution in [3.63, 3.8) is 0 Å². The van der Waals surface area contributed by atoms with Crippen LogP contribution in [0.1, 0.15) is 39.7 Å². The van der Waals surface area contributed by atoms with E-state index >= 15 is 0 Å². The van der Waals surface area contributed by atoms with Gasteiger partial charge in [0.05, 0.1) is 29.3 Å². The molecule has 0 spiro atoms. The van der Waals surface area contributed by atoms with Gasteiger partial charge in [-0.2, -0.15) is 0 Å². The SMILES string of the molecule is CCOc1ccc(N2C(=O)C3CCc4ccccc4N=CC3=C2OC(=O)C(C)(C)C)cc1. The van der Waals surface area contributed by atoms with Gasteiger partial charge in [0.1, 0.15) is 5.75 Å². The highest BCUT2D eigenvalue weighted by molar-refractivity contribution is 6.09. The number of esters is 1. The first-order valence-electron chi connectivity index (χ1n) is 10.9. The lowest BCUT2D eigenvalue weighted by atomic mass is 9.92. The monoisotopic (exact) mass is 432 g/mol. The molecular formula is C26H28N2O4. The number of carbonyl (C=O) groups excluding carboxylic acids is 2. The summed E-state index contributed by atoms with van der Waals surface area (Å²) in [4.78, 5) is 32.5. The first-order valence-corrected chi connectivity index (χ1v) is 10.9. The normalized spacial score (nSPS) is 18.1. The zero-order valence-electron chi connectivity index (χ0n) is 18.9. The van der Waals surface area contributed by atoms with E-state index in [1.165, 1.54) is 4.90 Å². The molecule has 2 aromatic carbocycles. The Morgan fingerprint density at radius 1 is 1.12 bits per heavy atom. The number of anilines is 1. The van der Waals surface area contributed by atoms with Crippen LogP contribution in [0.5, 0.6) is 5.75 Å². The summed E-state index contributed by atoms with van der Waals surface area (Å²) in [6, 6.07) is 15.1. The number of aryl methyl sites for hydroxylation is 1. The van der Waals surface area contributed by atoms with Gasteiger partial charge < -0.3 is 9.47 Å². The van der Waals surface area contributed by atoms with Crippen molar-refractivity contribution in [3.05, 3.63) is 65.6 Å². The predicted molar refractivity (Wildman–Crippen MR) is 124 cm³/mol. The lowest BCUT2D eigenvalue weighted by molar-refractivity contribution is -0.148. The van der Waals surface area contributed by atoms with Gasteiger partial charge in [0.15, 0.2) is 0 Å². The molecule has 2 aromatic rings. The van der Waals surface area contributed by atoms with E-state index in [1.807, 2.05) is 43.3 Å². The molecule has 1 amide bonds. The topological polar surface area (TPSA) is 68.2 Å². The zero-order valence-corrected chi connectivity index (χ0v) is 18.9. The molecule has 2 aliphatic heterocycles. The van der Waals surface area contributed by atoms with E-state index in [4.69, 9.17) is 9.47 Å². The number of hydrogen-bond donors (Lipinski definition) is 0. The smallest absolute Gasteiger partial charge is 0.317 e. The number of benzene rings is 2. The highest BCUT2D eigenvalue weighted by atomic mass is 16.6. The number of carbonyl (C=O) groups is 2. The minimum atomic E-state index is -0.718. The number of fused-ring (bicyclic) bond motifs is 2. The van der Waals surface area contributed by atoms with Crippen LogP contribution in [0.2, 0.25) is 0 Å². The molecule has 0 bridgehead atoms. The Kier molecular flexibility index (Phi) is 5.87. The van der Waals surface area contributed by atoms with E-state index in [2.05, 4.69) is 4.99 Å². The maximum absolute atomic E-state index is 13.6. The van der Waals surface area contributed by atoms with Crippen molar-refractivity contribution in [2.45, 2.75) is 40.5 Å². The molecule has 6 heteroatoms. The molecule has 0 saturated carbocycles. The van der Waals surface area contributed by atoms with Crippen molar-refractivity contribution in [1.82, 2.24) is 0 Å².